The van der Waals surface area contributed by atoms with Crippen LogP contribution in [0.5, 0.6) is 17.2 Å². The van der Waals surface area contributed by atoms with Crippen molar-refractivity contribution in [2.45, 2.75) is 33.2 Å². The summed E-state index contributed by atoms with van der Waals surface area (Å²) >= 11 is 2.54. The zero-order valence-electron chi connectivity index (χ0n) is 21.8. The second-order valence-electron chi connectivity index (χ2n) is 8.69. The van der Waals surface area contributed by atoms with E-state index in [2.05, 4.69) is 0 Å². The molecule has 0 radical (unpaired) electrons. The number of ether oxygens (including phenoxy) is 3. The highest BCUT2D eigenvalue weighted by atomic mass is 32.1. The van der Waals surface area contributed by atoms with Crippen molar-refractivity contribution >= 4 is 49.7 Å². The van der Waals surface area contributed by atoms with E-state index in [1.54, 1.807) is 35.7 Å². The summed E-state index contributed by atoms with van der Waals surface area (Å²) in [7, 11) is 0. The molecule has 0 fully saturated rings. The number of rotatable bonds is 11. The van der Waals surface area contributed by atoms with Crippen LogP contribution in [0.15, 0.2) is 65.2 Å². The van der Waals surface area contributed by atoms with E-state index in [-0.39, 0.29) is 5.57 Å². The van der Waals surface area contributed by atoms with Crippen LogP contribution in [0.4, 0.5) is 5.13 Å². The lowest BCUT2D eigenvalue weighted by molar-refractivity contribution is -0.117. The van der Waals surface area contributed by atoms with Crippen LogP contribution >= 0.6 is 22.7 Å². The average Bonchev–Trinajstić information content (AvgIpc) is 3.67. The number of thiazole rings is 1. The Balaban J connectivity index is 1.64. The van der Waals surface area contributed by atoms with Crippen LogP contribution in [0.25, 0.3) is 10.2 Å². The second-order valence-corrected chi connectivity index (χ2v) is 10.6. The Morgan fingerprint density at radius 2 is 1.85 bits per heavy atom. The minimum atomic E-state index is -0.918. The lowest BCUT2D eigenvalue weighted by Crippen LogP contribution is -2.31. The van der Waals surface area contributed by atoms with E-state index < -0.39 is 23.5 Å². The van der Waals surface area contributed by atoms with E-state index in [9.17, 15) is 14.7 Å². The Kier molecular flexibility index (Phi) is 7.85. The third kappa shape index (κ3) is 5.09. The van der Waals surface area contributed by atoms with E-state index in [4.69, 9.17) is 19.2 Å². The minimum Gasteiger partial charge on any atom is -0.503 e. The van der Waals surface area contributed by atoms with Crippen LogP contribution < -0.4 is 19.1 Å². The first-order valence-corrected chi connectivity index (χ1v) is 14.4. The zero-order chi connectivity index (χ0) is 27.5. The summed E-state index contributed by atoms with van der Waals surface area (Å²) < 4.78 is 18.2. The van der Waals surface area contributed by atoms with Crippen molar-refractivity contribution in [3.63, 3.8) is 0 Å². The van der Waals surface area contributed by atoms with Gasteiger partial charge in [-0.15, -0.1) is 11.3 Å². The highest BCUT2D eigenvalue weighted by molar-refractivity contribution is 7.22. The third-order valence-corrected chi connectivity index (χ3v) is 7.99. The molecule has 5 rings (SSSR count). The largest absolute Gasteiger partial charge is 0.503 e. The first kappa shape index (κ1) is 26.7. The zero-order valence-corrected chi connectivity index (χ0v) is 23.4. The smallest absolute Gasteiger partial charge is 0.296 e. The van der Waals surface area contributed by atoms with Crippen molar-refractivity contribution in [2.75, 3.05) is 24.7 Å². The van der Waals surface area contributed by atoms with Gasteiger partial charge in [0.2, 0.25) is 5.78 Å². The van der Waals surface area contributed by atoms with Crippen LogP contribution in [-0.4, -0.2) is 41.6 Å². The van der Waals surface area contributed by atoms with Gasteiger partial charge in [-0.25, -0.2) is 4.98 Å². The number of thiophene rings is 1. The Morgan fingerprint density at radius 1 is 1.03 bits per heavy atom. The van der Waals surface area contributed by atoms with Crippen molar-refractivity contribution in [3.05, 3.63) is 75.7 Å². The van der Waals surface area contributed by atoms with E-state index in [1.807, 2.05) is 39.0 Å². The number of fused-ring (bicyclic) bond motifs is 1. The van der Waals surface area contributed by atoms with Gasteiger partial charge in [-0.3, -0.25) is 14.5 Å². The molecular weight excluding hydrogens is 536 g/mol. The molecule has 1 aliphatic rings. The quantitative estimate of drug-likeness (QED) is 0.202. The number of amides is 1. The van der Waals surface area contributed by atoms with Gasteiger partial charge in [0.05, 0.1) is 46.5 Å². The fraction of sp³-hybridized carbons (Fsp3) is 0.276. The van der Waals surface area contributed by atoms with Gasteiger partial charge < -0.3 is 19.3 Å². The molecule has 0 saturated heterocycles. The molecule has 39 heavy (non-hydrogen) atoms. The number of aliphatic hydroxyl groups is 1. The number of ketones is 1. The number of anilines is 1. The average molecular weight is 565 g/mol. The summed E-state index contributed by atoms with van der Waals surface area (Å²) in [5.74, 6) is 0.0810. The number of carbonyl (C=O) groups excluding carboxylic acids is 2. The van der Waals surface area contributed by atoms with Crippen molar-refractivity contribution in [3.8, 4) is 17.2 Å². The van der Waals surface area contributed by atoms with Gasteiger partial charge in [-0.2, -0.15) is 0 Å². The molecule has 0 aliphatic carbocycles. The number of aromatic nitrogens is 1. The Morgan fingerprint density at radius 3 is 2.56 bits per heavy atom. The summed E-state index contributed by atoms with van der Waals surface area (Å²) in [6.45, 7) is 7.24. The Bertz CT molecular complexity index is 1540. The molecule has 2 aromatic heterocycles. The molecular formula is C29H28N2O6S2. The summed E-state index contributed by atoms with van der Waals surface area (Å²) in [6, 6.07) is 13.4. The maximum atomic E-state index is 13.7. The third-order valence-electron chi connectivity index (χ3n) is 6.11. The van der Waals surface area contributed by atoms with Gasteiger partial charge in [0.15, 0.2) is 22.4 Å². The molecule has 1 N–H and O–H groups in total. The molecule has 3 heterocycles. The fourth-order valence-electron chi connectivity index (χ4n) is 4.44. The molecule has 10 heteroatoms. The molecule has 1 aliphatic heterocycles. The van der Waals surface area contributed by atoms with Gasteiger partial charge in [0, 0.05) is 0 Å². The standard InChI is InChI=1S/C29H28N2O6S2/c1-4-13-37-20-12-9-17(15-21(20)36-6-3)25-24(26(32)22-8-7-14-38-22)27(33)28(34)31(25)29-30-19-11-10-18(35-5-2)16-23(19)39-29/h7-12,14-16,25,33H,4-6,13H2,1-3H3. The topological polar surface area (TPSA) is 98.2 Å². The van der Waals surface area contributed by atoms with Gasteiger partial charge >= 0.3 is 0 Å². The number of carbonyl (C=O) groups is 2. The molecule has 1 amide bonds. The van der Waals surface area contributed by atoms with Gasteiger partial charge in [0.25, 0.3) is 5.91 Å². The molecule has 0 saturated carbocycles. The summed E-state index contributed by atoms with van der Waals surface area (Å²) in [6.07, 6.45) is 0.830. The van der Waals surface area contributed by atoms with Crippen molar-refractivity contribution in [1.29, 1.82) is 0 Å². The van der Waals surface area contributed by atoms with E-state index in [1.165, 1.54) is 27.6 Å². The second kappa shape index (κ2) is 11.5. The summed E-state index contributed by atoms with van der Waals surface area (Å²) in [5, 5.41) is 13.2. The lowest BCUT2D eigenvalue weighted by Gasteiger charge is -2.25. The predicted molar refractivity (Wildman–Crippen MR) is 153 cm³/mol. The Hall–Kier alpha value is -3.89. The first-order chi connectivity index (χ1) is 19.0. The number of Topliss-reactive ketones (excluding diaryl/α,β-unsaturated/α-hetero) is 1. The van der Waals surface area contributed by atoms with Gasteiger partial charge in [-0.05, 0) is 67.6 Å². The maximum absolute atomic E-state index is 13.7. The van der Waals surface area contributed by atoms with Crippen LogP contribution in [0.1, 0.15) is 48.5 Å². The van der Waals surface area contributed by atoms with Crippen LogP contribution in [0, 0.1) is 0 Å². The van der Waals surface area contributed by atoms with E-state index >= 15 is 0 Å². The van der Waals surface area contributed by atoms with Gasteiger partial charge in [0.1, 0.15) is 5.75 Å². The molecule has 0 bridgehead atoms. The summed E-state index contributed by atoms with van der Waals surface area (Å²) in [4.78, 5) is 33.8. The highest BCUT2D eigenvalue weighted by Crippen LogP contribution is 2.46. The molecule has 1 atom stereocenters. The van der Waals surface area contributed by atoms with Crippen molar-refractivity contribution < 1.29 is 28.9 Å². The number of hydrogen-bond acceptors (Lipinski definition) is 9. The monoisotopic (exact) mass is 564 g/mol. The maximum Gasteiger partial charge on any atom is 0.296 e. The molecule has 8 nitrogen and oxygen atoms in total. The number of benzene rings is 2. The normalized spacial score (nSPS) is 15.3. The first-order valence-electron chi connectivity index (χ1n) is 12.7. The number of hydrogen-bond donors (Lipinski definition) is 1. The van der Waals surface area contributed by atoms with Gasteiger partial charge in [-0.1, -0.05) is 30.4 Å². The van der Waals surface area contributed by atoms with Crippen molar-refractivity contribution in [2.24, 2.45) is 0 Å². The van der Waals surface area contributed by atoms with Crippen LogP contribution in [-0.2, 0) is 4.79 Å². The predicted octanol–water partition coefficient (Wildman–Crippen LogP) is 6.73. The van der Waals surface area contributed by atoms with E-state index in [0.29, 0.717) is 58.2 Å². The molecule has 4 aromatic rings. The van der Waals surface area contributed by atoms with E-state index in [0.717, 1.165) is 11.1 Å². The van der Waals surface area contributed by atoms with Crippen LogP contribution in [0.3, 0.4) is 0 Å². The molecule has 0 spiro atoms. The van der Waals surface area contributed by atoms with Crippen molar-refractivity contribution in [1.82, 2.24) is 4.98 Å². The summed E-state index contributed by atoms with van der Waals surface area (Å²) in [5.41, 5.74) is 1.27. The highest BCUT2D eigenvalue weighted by Gasteiger charge is 2.46. The van der Waals surface area contributed by atoms with Crippen LogP contribution in [0.2, 0.25) is 0 Å². The molecule has 1 unspecified atom stereocenters. The minimum absolute atomic E-state index is 0.00128. The fourth-order valence-corrected chi connectivity index (χ4v) is 6.14. The number of aliphatic hydroxyl groups excluding tert-OH is 1. The lowest BCUT2D eigenvalue weighted by atomic mass is 9.95. The Labute approximate surface area is 234 Å². The number of nitrogens with zero attached hydrogens (tertiary/aromatic N) is 2. The molecule has 202 valence electrons. The SMILES string of the molecule is CCCOc1ccc(C2C(C(=O)c3cccs3)=C(O)C(=O)N2c2nc3ccc(OCC)cc3s2)cc1OCC. The molecule has 2 aromatic carbocycles.